The Hall–Kier alpha value is -0.640. The van der Waals surface area contributed by atoms with Gasteiger partial charge in [0.05, 0.1) is 5.60 Å². The van der Waals surface area contributed by atoms with Crippen molar-refractivity contribution in [3.8, 4) is 0 Å². The molecule has 0 saturated carbocycles. The molecule has 0 fully saturated rings. The van der Waals surface area contributed by atoms with Gasteiger partial charge in [-0.05, 0) is 43.7 Å². The number of halogens is 2. The van der Waals surface area contributed by atoms with E-state index in [0.717, 1.165) is 0 Å². The summed E-state index contributed by atoms with van der Waals surface area (Å²) in [4.78, 5) is 0. The van der Waals surface area contributed by atoms with Crippen LogP contribution in [0.25, 0.3) is 0 Å². The fourth-order valence-electron chi connectivity index (χ4n) is 1.49. The summed E-state index contributed by atoms with van der Waals surface area (Å²) in [5.74, 6) is -0.350. The van der Waals surface area contributed by atoms with Gasteiger partial charge in [0.1, 0.15) is 5.82 Å². The van der Waals surface area contributed by atoms with Crippen molar-refractivity contribution in [1.82, 2.24) is 0 Å². The molecule has 3 N–H and O–H groups in total. The number of benzene rings is 1. The second kappa shape index (κ2) is 4.92. The first-order valence-electron chi connectivity index (χ1n) is 4.81. The van der Waals surface area contributed by atoms with Gasteiger partial charge in [-0.2, -0.15) is 0 Å². The summed E-state index contributed by atoms with van der Waals surface area (Å²) in [5, 5.41) is 10.4. The molecule has 4 heteroatoms. The molecule has 0 radical (unpaired) electrons. The summed E-state index contributed by atoms with van der Waals surface area (Å²) in [6, 6.07) is 4.32. The first-order chi connectivity index (χ1) is 6.94. The Labute approximate surface area is 93.9 Å². The van der Waals surface area contributed by atoms with Gasteiger partial charge in [0, 0.05) is 11.4 Å². The highest BCUT2D eigenvalue weighted by Crippen LogP contribution is 2.21. The second-order valence-corrected chi connectivity index (χ2v) is 4.38. The fourth-order valence-corrected chi connectivity index (χ4v) is 1.68. The summed E-state index contributed by atoms with van der Waals surface area (Å²) < 4.78 is 13.3. The molecule has 1 rings (SSSR count). The highest BCUT2D eigenvalue weighted by Gasteiger charge is 2.21. The molecule has 1 atom stereocenters. The van der Waals surface area contributed by atoms with Crippen molar-refractivity contribution in [3.05, 3.63) is 34.6 Å². The van der Waals surface area contributed by atoms with E-state index in [1.54, 1.807) is 6.92 Å². The molecular formula is C11H15ClFNO. The summed E-state index contributed by atoms with van der Waals surface area (Å²) in [5.41, 5.74) is 4.79. The lowest BCUT2D eigenvalue weighted by molar-refractivity contribution is 0.0530. The van der Waals surface area contributed by atoms with Gasteiger partial charge in [-0.1, -0.05) is 11.6 Å². The van der Waals surface area contributed by atoms with E-state index >= 15 is 0 Å². The van der Waals surface area contributed by atoms with Gasteiger partial charge in [-0.25, -0.2) is 4.39 Å². The first kappa shape index (κ1) is 12.4. The Bertz CT molecular complexity index is 341. The molecule has 0 bridgehead atoms. The zero-order valence-corrected chi connectivity index (χ0v) is 9.39. The lowest BCUT2D eigenvalue weighted by Gasteiger charge is -2.22. The minimum Gasteiger partial charge on any atom is -0.390 e. The van der Waals surface area contributed by atoms with E-state index in [1.807, 2.05) is 0 Å². The maximum Gasteiger partial charge on any atom is 0.126 e. The topological polar surface area (TPSA) is 46.2 Å². The second-order valence-electron chi connectivity index (χ2n) is 3.95. The van der Waals surface area contributed by atoms with E-state index in [-0.39, 0.29) is 12.2 Å². The molecule has 0 spiro atoms. The van der Waals surface area contributed by atoms with Crippen molar-refractivity contribution >= 4 is 11.6 Å². The predicted octanol–water partition coefficient (Wildman–Crippen LogP) is 2.12. The van der Waals surface area contributed by atoms with Crippen molar-refractivity contribution in [1.29, 1.82) is 0 Å². The molecule has 1 unspecified atom stereocenters. The average molecular weight is 232 g/mol. The van der Waals surface area contributed by atoms with E-state index in [9.17, 15) is 9.50 Å². The maximum atomic E-state index is 13.3. The van der Waals surface area contributed by atoms with Crippen LogP contribution in [-0.4, -0.2) is 17.3 Å². The van der Waals surface area contributed by atoms with Gasteiger partial charge < -0.3 is 10.8 Å². The van der Waals surface area contributed by atoms with Crippen LogP contribution in [0, 0.1) is 5.82 Å². The van der Waals surface area contributed by atoms with Crippen LogP contribution in [0.4, 0.5) is 4.39 Å². The summed E-state index contributed by atoms with van der Waals surface area (Å²) in [6.07, 6.45) is 0.648. The van der Waals surface area contributed by atoms with E-state index < -0.39 is 5.60 Å². The van der Waals surface area contributed by atoms with Gasteiger partial charge in [-0.15, -0.1) is 0 Å². The molecular weight excluding hydrogens is 217 g/mol. The third-order valence-corrected chi connectivity index (χ3v) is 2.50. The SMILES string of the molecule is CC(O)(CCN)Cc1cc(Cl)ccc1F. The van der Waals surface area contributed by atoms with Crippen LogP contribution in [0.15, 0.2) is 18.2 Å². The van der Waals surface area contributed by atoms with Crippen LogP contribution < -0.4 is 5.73 Å². The van der Waals surface area contributed by atoms with Crippen molar-refractivity contribution < 1.29 is 9.50 Å². The average Bonchev–Trinajstić information content (AvgIpc) is 2.10. The molecule has 0 saturated heterocycles. The Morgan fingerprint density at radius 2 is 2.20 bits per heavy atom. The molecule has 0 heterocycles. The summed E-state index contributed by atoms with van der Waals surface area (Å²) in [6.45, 7) is 2.01. The quantitative estimate of drug-likeness (QED) is 0.834. The van der Waals surface area contributed by atoms with Gasteiger partial charge in [0.15, 0.2) is 0 Å². The number of rotatable bonds is 4. The van der Waals surface area contributed by atoms with Crippen molar-refractivity contribution in [2.45, 2.75) is 25.4 Å². The molecule has 1 aromatic carbocycles. The van der Waals surface area contributed by atoms with Crippen LogP contribution in [-0.2, 0) is 6.42 Å². The fraction of sp³-hybridized carbons (Fsp3) is 0.455. The Morgan fingerprint density at radius 1 is 1.53 bits per heavy atom. The third-order valence-electron chi connectivity index (χ3n) is 2.26. The van der Waals surface area contributed by atoms with Crippen LogP contribution in [0.3, 0.4) is 0 Å². The highest BCUT2D eigenvalue weighted by molar-refractivity contribution is 6.30. The first-order valence-corrected chi connectivity index (χ1v) is 5.19. The van der Waals surface area contributed by atoms with Crippen molar-refractivity contribution in [2.24, 2.45) is 5.73 Å². The van der Waals surface area contributed by atoms with Gasteiger partial charge in [0.2, 0.25) is 0 Å². The highest BCUT2D eigenvalue weighted by atomic mass is 35.5. The molecule has 0 aromatic heterocycles. The molecule has 0 aliphatic carbocycles. The number of hydrogen-bond acceptors (Lipinski definition) is 2. The van der Waals surface area contributed by atoms with Crippen LogP contribution >= 0.6 is 11.6 Å². The van der Waals surface area contributed by atoms with E-state index in [4.69, 9.17) is 17.3 Å². The molecule has 0 amide bonds. The monoisotopic (exact) mass is 231 g/mol. The van der Waals surface area contributed by atoms with E-state index in [1.165, 1.54) is 18.2 Å². The minimum atomic E-state index is -0.986. The zero-order chi connectivity index (χ0) is 11.5. The lowest BCUT2D eigenvalue weighted by atomic mass is 9.93. The third kappa shape index (κ3) is 3.78. The van der Waals surface area contributed by atoms with Crippen molar-refractivity contribution in [2.75, 3.05) is 6.54 Å². The molecule has 15 heavy (non-hydrogen) atoms. The Balaban J connectivity index is 2.83. The molecule has 0 aliphatic heterocycles. The van der Waals surface area contributed by atoms with E-state index in [0.29, 0.717) is 23.6 Å². The van der Waals surface area contributed by atoms with Gasteiger partial charge >= 0.3 is 0 Å². The number of nitrogens with two attached hydrogens (primary N) is 1. The molecule has 2 nitrogen and oxygen atoms in total. The summed E-state index contributed by atoms with van der Waals surface area (Å²) >= 11 is 5.75. The standard InChI is InChI=1S/C11H15ClFNO/c1-11(15,4-5-14)7-8-6-9(12)2-3-10(8)13/h2-3,6,15H,4-5,7,14H2,1H3. The van der Waals surface area contributed by atoms with E-state index in [2.05, 4.69) is 0 Å². The largest absolute Gasteiger partial charge is 0.390 e. The lowest BCUT2D eigenvalue weighted by Crippen LogP contribution is -2.30. The molecule has 84 valence electrons. The Kier molecular flexibility index (Phi) is 4.08. The number of hydrogen-bond donors (Lipinski definition) is 2. The minimum absolute atomic E-state index is 0.219. The normalized spacial score (nSPS) is 15.0. The predicted molar refractivity (Wildman–Crippen MR) is 59.4 cm³/mol. The van der Waals surface area contributed by atoms with Crippen LogP contribution in [0.2, 0.25) is 5.02 Å². The maximum absolute atomic E-state index is 13.3. The van der Waals surface area contributed by atoms with Crippen LogP contribution in [0.5, 0.6) is 0 Å². The molecule has 1 aromatic rings. The Morgan fingerprint density at radius 3 is 2.80 bits per heavy atom. The van der Waals surface area contributed by atoms with Gasteiger partial charge in [-0.3, -0.25) is 0 Å². The molecule has 0 aliphatic rings. The zero-order valence-electron chi connectivity index (χ0n) is 8.63. The van der Waals surface area contributed by atoms with Crippen LogP contribution in [0.1, 0.15) is 18.9 Å². The summed E-state index contributed by atoms with van der Waals surface area (Å²) in [7, 11) is 0. The smallest absolute Gasteiger partial charge is 0.126 e. The van der Waals surface area contributed by atoms with Crippen molar-refractivity contribution in [3.63, 3.8) is 0 Å². The van der Waals surface area contributed by atoms with Gasteiger partial charge in [0.25, 0.3) is 0 Å². The number of aliphatic hydroxyl groups is 1.